The van der Waals surface area contributed by atoms with Crippen LogP contribution in [0.15, 0.2) is 18.2 Å². The monoisotopic (exact) mass is 222 g/mol. The summed E-state index contributed by atoms with van der Waals surface area (Å²) < 4.78 is 11.1. The van der Waals surface area contributed by atoms with Crippen molar-refractivity contribution in [2.24, 2.45) is 0 Å². The Morgan fingerprint density at radius 1 is 1.25 bits per heavy atom. The van der Waals surface area contributed by atoms with Crippen LogP contribution in [-0.2, 0) is 0 Å². The van der Waals surface area contributed by atoms with Gasteiger partial charge < -0.3 is 14.6 Å². The number of aliphatic hydroxyl groups excluding tert-OH is 1. The molecular weight excluding hydrogens is 204 g/mol. The second kappa shape index (κ2) is 4.74. The standard InChI is InChI=1S/C13H18O3/c1-9-6-7-12(13(8-9)15-2)16-11-5-3-4-10(11)14/h6-8,10-11,14H,3-5H2,1-2H3/t10-,11-/m0/s1. The summed E-state index contributed by atoms with van der Waals surface area (Å²) in [6.07, 6.45) is 2.35. The van der Waals surface area contributed by atoms with Gasteiger partial charge in [0.05, 0.1) is 13.2 Å². The number of rotatable bonds is 3. The molecule has 0 saturated heterocycles. The molecule has 0 aliphatic heterocycles. The van der Waals surface area contributed by atoms with E-state index in [2.05, 4.69) is 0 Å². The maximum Gasteiger partial charge on any atom is 0.161 e. The van der Waals surface area contributed by atoms with Crippen LogP contribution in [0.4, 0.5) is 0 Å². The van der Waals surface area contributed by atoms with E-state index >= 15 is 0 Å². The van der Waals surface area contributed by atoms with Gasteiger partial charge in [0.25, 0.3) is 0 Å². The topological polar surface area (TPSA) is 38.7 Å². The summed E-state index contributed by atoms with van der Waals surface area (Å²) in [4.78, 5) is 0. The van der Waals surface area contributed by atoms with Crippen molar-refractivity contribution in [3.05, 3.63) is 23.8 Å². The van der Waals surface area contributed by atoms with E-state index < -0.39 is 0 Å². The minimum absolute atomic E-state index is 0.0865. The van der Waals surface area contributed by atoms with Crippen LogP contribution in [0.25, 0.3) is 0 Å². The van der Waals surface area contributed by atoms with E-state index in [1.807, 2.05) is 25.1 Å². The lowest BCUT2D eigenvalue weighted by atomic mass is 10.2. The Labute approximate surface area is 96.0 Å². The van der Waals surface area contributed by atoms with Crippen molar-refractivity contribution in [1.82, 2.24) is 0 Å². The lowest BCUT2D eigenvalue weighted by Gasteiger charge is -2.19. The summed E-state index contributed by atoms with van der Waals surface area (Å²) in [5.41, 5.74) is 1.14. The van der Waals surface area contributed by atoms with Gasteiger partial charge in [-0.15, -0.1) is 0 Å². The first-order valence-electron chi connectivity index (χ1n) is 5.70. The number of benzene rings is 1. The first kappa shape index (κ1) is 11.3. The van der Waals surface area contributed by atoms with Crippen LogP contribution in [0.1, 0.15) is 24.8 Å². The van der Waals surface area contributed by atoms with Gasteiger partial charge in [0.1, 0.15) is 6.10 Å². The summed E-state index contributed by atoms with van der Waals surface area (Å²) in [6, 6.07) is 5.83. The molecule has 1 N–H and O–H groups in total. The quantitative estimate of drug-likeness (QED) is 0.852. The SMILES string of the molecule is COc1cc(C)ccc1O[C@H]1CCC[C@@H]1O. The molecule has 3 nitrogen and oxygen atoms in total. The molecule has 1 aromatic rings. The smallest absolute Gasteiger partial charge is 0.161 e. The molecule has 0 unspecified atom stereocenters. The molecule has 0 radical (unpaired) electrons. The van der Waals surface area contributed by atoms with Crippen LogP contribution in [0.2, 0.25) is 0 Å². The van der Waals surface area contributed by atoms with E-state index in [0.29, 0.717) is 0 Å². The zero-order valence-electron chi connectivity index (χ0n) is 9.77. The van der Waals surface area contributed by atoms with Crippen molar-refractivity contribution in [3.63, 3.8) is 0 Å². The molecule has 1 fully saturated rings. The second-order valence-electron chi connectivity index (χ2n) is 4.31. The maximum atomic E-state index is 9.70. The molecule has 0 heterocycles. The third-order valence-electron chi connectivity index (χ3n) is 3.02. The Bertz CT molecular complexity index is 362. The van der Waals surface area contributed by atoms with Gasteiger partial charge in [-0.3, -0.25) is 0 Å². The summed E-state index contributed by atoms with van der Waals surface area (Å²) in [6.45, 7) is 2.01. The molecule has 88 valence electrons. The largest absolute Gasteiger partial charge is 0.493 e. The summed E-state index contributed by atoms with van der Waals surface area (Å²) in [5.74, 6) is 1.46. The molecule has 3 heteroatoms. The van der Waals surface area contributed by atoms with Gasteiger partial charge in [-0.2, -0.15) is 0 Å². The van der Waals surface area contributed by atoms with Gasteiger partial charge in [0, 0.05) is 0 Å². The normalized spacial score (nSPS) is 24.4. The highest BCUT2D eigenvalue weighted by atomic mass is 16.5. The number of methoxy groups -OCH3 is 1. The van der Waals surface area contributed by atoms with E-state index in [-0.39, 0.29) is 12.2 Å². The molecule has 2 atom stereocenters. The number of hydrogen-bond donors (Lipinski definition) is 1. The number of aryl methyl sites for hydroxylation is 1. The van der Waals surface area contributed by atoms with Gasteiger partial charge in [-0.1, -0.05) is 6.07 Å². The van der Waals surface area contributed by atoms with Crippen molar-refractivity contribution >= 4 is 0 Å². The highest BCUT2D eigenvalue weighted by Gasteiger charge is 2.27. The highest BCUT2D eigenvalue weighted by Crippen LogP contribution is 2.32. The molecule has 1 aromatic carbocycles. The van der Waals surface area contributed by atoms with E-state index in [1.54, 1.807) is 7.11 Å². The average Bonchev–Trinajstić information content (AvgIpc) is 2.67. The lowest BCUT2D eigenvalue weighted by Crippen LogP contribution is -2.25. The van der Waals surface area contributed by atoms with Gasteiger partial charge in [0.2, 0.25) is 0 Å². The van der Waals surface area contributed by atoms with Crippen LogP contribution in [-0.4, -0.2) is 24.4 Å². The molecule has 0 spiro atoms. The van der Waals surface area contributed by atoms with Crippen LogP contribution in [0.3, 0.4) is 0 Å². The minimum Gasteiger partial charge on any atom is -0.493 e. The fourth-order valence-corrected chi connectivity index (χ4v) is 2.08. The van der Waals surface area contributed by atoms with Gasteiger partial charge >= 0.3 is 0 Å². The molecule has 1 saturated carbocycles. The van der Waals surface area contributed by atoms with Crippen LogP contribution in [0, 0.1) is 6.92 Å². The zero-order valence-corrected chi connectivity index (χ0v) is 9.77. The number of ether oxygens (including phenoxy) is 2. The number of aliphatic hydroxyl groups is 1. The van der Waals surface area contributed by atoms with E-state index in [1.165, 1.54) is 0 Å². The van der Waals surface area contributed by atoms with Crippen molar-refractivity contribution < 1.29 is 14.6 Å². The Kier molecular flexibility index (Phi) is 3.34. The minimum atomic E-state index is -0.342. The Morgan fingerprint density at radius 3 is 2.69 bits per heavy atom. The van der Waals surface area contributed by atoms with E-state index in [9.17, 15) is 5.11 Å². The van der Waals surface area contributed by atoms with Gasteiger partial charge in [-0.25, -0.2) is 0 Å². The molecule has 0 aromatic heterocycles. The molecule has 16 heavy (non-hydrogen) atoms. The maximum absolute atomic E-state index is 9.70. The molecular formula is C13H18O3. The predicted molar refractivity (Wildman–Crippen MR) is 62.0 cm³/mol. The van der Waals surface area contributed by atoms with Gasteiger partial charge in [-0.05, 0) is 43.9 Å². The van der Waals surface area contributed by atoms with Gasteiger partial charge in [0.15, 0.2) is 11.5 Å². The molecule has 1 aliphatic rings. The zero-order chi connectivity index (χ0) is 11.5. The van der Waals surface area contributed by atoms with E-state index in [4.69, 9.17) is 9.47 Å². The first-order chi connectivity index (χ1) is 7.70. The molecule has 0 bridgehead atoms. The number of hydrogen-bond acceptors (Lipinski definition) is 3. The van der Waals surface area contributed by atoms with Crippen LogP contribution < -0.4 is 9.47 Å². The average molecular weight is 222 g/mol. The fourth-order valence-electron chi connectivity index (χ4n) is 2.08. The summed E-state index contributed by atoms with van der Waals surface area (Å²) in [7, 11) is 1.63. The van der Waals surface area contributed by atoms with Crippen molar-refractivity contribution in [2.45, 2.75) is 38.4 Å². The molecule has 2 rings (SSSR count). The third kappa shape index (κ3) is 2.30. The first-order valence-corrected chi connectivity index (χ1v) is 5.70. The van der Waals surface area contributed by atoms with Crippen LogP contribution >= 0.6 is 0 Å². The van der Waals surface area contributed by atoms with Crippen molar-refractivity contribution in [1.29, 1.82) is 0 Å². The van der Waals surface area contributed by atoms with Crippen LogP contribution in [0.5, 0.6) is 11.5 Å². The second-order valence-corrected chi connectivity index (χ2v) is 4.31. The molecule has 0 amide bonds. The summed E-state index contributed by atoms with van der Waals surface area (Å²) >= 11 is 0. The van der Waals surface area contributed by atoms with Crippen molar-refractivity contribution in [2.75, 3.05) is 7.11 Å². The van der Waals surface area contributed by atoms with E-state index in [0.717, 1.165) is 36.3 Å². The Hall–Kier alpha value is -1.22. The highest BCUT2D eigenvalue weighted by molar-refractivity contribution is 5.42. The fraction of sp³-hybridized carbons (Fsp3) is 0.538. The Balaban J connectivity index is 2.14. The van der Waals surface area contributed by atoms with Crippen molar-refractivity contribution in [3.8, 4) is 11.5 Å². The third-order valence-corrected chi connectivity index (χ3v) is 3.02. The predicted octanol–water partition coefficient (Wildman–Crippen LogP) is 2.30. The molecule has 1 aliphatic carbocycles. The Morgan fingerprint density at radius 2 is 2.06 bits per heavy atom. The summed E-state index contributed by atoms with van der Waals surface area (Å²) in [5, 5.41) is 9.70. The lowest BCUT2D eigenvalue weighted by molar-refractivity contribution is 0.0586.